The summed E-state index contributed by atoms with van der Waals surface area (Å²) in [5.74, 6) is 0.407. The molecule has 3 aromatic rings. The van der Waals surface area contributed by atoms with Gasteiger partial charge in [-0.3, -0.25) is 4.79 Å². The van der Waals surface area contributed by atoms with Gasteiger partial charge in [0.05, 0.1) is 5.69 Å². The summed E-state index contributed by atoms with van der Waals surface area (Å²) in [5.41, 5.74) is 4.56. The van der Waals surface area contributed by atoms with Crippen LogP contribution in [0.3, 0.4) is 0 Å². The van der Waals surface area contributed by atoms with E-state index in [1.165, 1.54) is 0 Å². The molecule has 1 aliphatic rings. The molecule has 0 radical (unpaired) electrons. The Kier molecular flexibility index (Phi) is 4.72. The van der Waals surface area contributed by atoms with Crippen LogP contribution >= 0.6 is 11.6 Å². The van der Waals surface area contributed by atoms with Gasteiger partial charge in [0.1, 0.15) is 11.5 Å². The number of carbonyl (C=O) groups is 2. The smallest absolute Gasteiger partial charge is 0.303 e. The normalized spacial score (nSPS) is 15.3. The first-order chi connectivity index (χ1) is 13.8. The highest BCUT2D eigenvalue weighted by Gasteiger charge is 2.35. The number of hydrogen-bond donors (Lipinski definition) is 1. The third-order valence-corrected chi connectivity index (χ3v) is 5.12. The Morgan fingerprint density at radius 2 is 1.76 bits per heavy atom. The molecule has 0 unspecified atom stereocenters. The number of anilines is 1. The Morgan fingerprint density at radius 1 is 1.03 bits per heavy atom. The number of halogens is 1. The fourth-order valence-electron chi connectivity index (χ4n) is 3.44. The minimum absolute atomic E-state index is 0.224. The highest BCUT2D eigenvalue weighted by molar-refractivity contribution is 6.31. The van der Waals surface area contributed by atoms with E-state index in [1.807, 2.05) is 43.5 Å². The van der Waals surface area contributed by atoms with Gasteiger partial charge in [-0.2, -0.15) is 0 Å². The van der Waals surface area contributed by atoms with Crippen molar-refractivity contribution in [2.45, 2.75) is 20.8 Å². The molecule has 1 saturated heterocycles. The van der Waals surface area contributed by atoms with Gasteiger partial charge in [-0.1, -0.05) is 11.6 Å². The molecular weight excluding hydrogens is 388 g/mol. The van der Waals surface area contributed by atoms with Gasteiger partial charge < -0.3 is 9.88 Å². The minimum atomic E-state index is -0.488. The van der Waals surface area contributed by atoms with E-state index in [0.29, 0.717) is 10.7 Å². The van der Waals surface area contributed by atoms with Crippen molar-refractivity contribution in [3.8, 4) is 5.82 Å². The quantitative estimate of drug-likeness (QED) is 0.512. The summed E-state index contributed by atoms with van der Waals surface area (Å²) in [6, 6.07) is 12.0. The Morgan fingerprint density at radius 3 is 2.45 bits per heavy atom. The average Bonchev–Trinajstić information content (AvgIpc) is 3.11. The molecule has 0 bridgehead atoms. The molecular formula is C22H19ClN4O2. The SMILES string of the molecule is Cc1ccnc(-n2c(C)cc(/C=C3\NC(=O)N(c4ccc(Cl)cc4)C3=O)c2C)c1. The average molecular weight is 407 g/mol. The van der Waals surface area contributed by atoms with Gasteiger partial charge in [-0.15, -0.1) is 0 Å². The summed E-state index contributed by atoms with van der Waals surface area (Å²) in [5, 5.41) is 3.20. The van der Waals surface area contributed by atoms with E-state index in [2.05, 4.69) is 10.3 Å². The molecule has 146 valence electrons. The van der Waals surface area contributed by atoms with Crippen molar-refractivity contribution < 1.29 is 9.59 Å². The number of nitrogens with one attached hydrogen (secondary N) is 1. The zero-order valence-electron chi connectivity index (χ0n) is 16.2. The summed E-state index contributed by atoms with van der Waals surface area (Å²) in [7, 11) is 0. The number of benzene rings is 1. The molecule has 0 saturated carbocycles. The maximum absolute atomic E-state index is 12.8. The van der Waals surface area contributed by atoms with E-state index in [-0.39, 0.29) is 5.70 Å². The fourth-order valence-corrected chi connectivity index (χ4v) is 3.57. The topological polar surface area (TPSA) is 67.2 Å². The van der Waals surface area contributed by atoms with Crippen LogP contribution in [-0.2, 0) is 4.79 Å². The van der Waals surface area contributed by atoms with E-state index in [0.717, 1.165) is 33.2 Å². The summed E-state index contributed by atoms with van der Waals surface area (Å²) >= 11 is 5.90. The van der Waals surface area contributed by atoms with E-state index >= 15 is 0 Å². The van der Waals surface area contributed by atoms with E-state index in [9.17, 15) is 9.59 Å². The predicted molar refractivity (Wildman–Crippen MR) is 113 cm³/mol. The number of pyridine rings is 1. The third-order valence-electron chi connectivity index (χ3n) is 4.86. The first-order valence-corrected chi connectivity index (χ1v) is 9.47. The monoisotopic (exact) mass is 406 g/mol. The second kappa shape index (κ2) is 7.22. The molecule has 0 atom stereocenters. The number of rotatable bonds is 3. The zero-order valence-corrected chi connectivity index (χ0v) is 17.0. The fraction of sp³-hybridized carbons (Fsp3) is 0.136. The van der Waals surface area contributed by atoms with Gasteiger partial charge in [0.15, 0.2) is 0 Å². The lowest BCUT2D eigenvalue weighted by molar-refractivity contribution is -0.113. The number of carbonyl (C=O) groups excluding carboxylic acids is 2. The lowest BCUT2D eigenvalue weighted by atomic mass is 10.2. The summed E-state index contributed by atoms with van der Waals surface area (Å²) in [6.45, 7) is 5.95. The van der Waals surface area contributed by atoms with Crippen molar-refractivity contribution in [2.75, 3.05) is 4.90 Å². The lowest BCUT2D eigenvalue weighted by Crippen LogP contribution is -2.30. The van der Waals surface area contributed by atoms with Crippen LogP contribution < -0.4 is 10.2 Å². The molecule has 0 spiro atoms. The molecule has 7 heteroatoms. The van der Waals surface area contributed by atoms with Gasteiger partial charge in [0, 0.05) is 22.6 Å². The highest BCUT2D eigenvalue weighted by Crippen LogP contribution is 2.26. The Hall–Kier alpha value is -3.38. The number of aromatic nitrogens is 2. The molecule has 0 aliphatic carbocycles. The van der Waals surface area contributed by atoms with Crippen LogP contribution in [0.2, 0.25) is 5.02 Å². The first-order valence-electron chi connectivity index (χ1n) is 9.10. The van der Waals surface area contributed by atoms with E-state index in [1.54, 1.807) is 36.5 Å². The Bertz CT molecular complexity index is 1160. The number of hydrogen-bond acceptors (Lipinski definition) is 3. The Labute approximate surface area is 173 Å². The second-order valence-corrected chi connectivity index (χ2v) is 7.39. The van der Waals surface area contributed by atoms with Crippen LogP contribution in [-0.4, -0.2) is 21.5 Å². The van der Waals surface area contributed by atoms with Crippen LogP contribution in [0, 0.1) is 20.8 Å². The summed E-state index contributed by atoms with van der Waals surface area (Å²) < 4.78 is 2.03. The highest BCUT2D eigenvalue weighted by atomic mass is 35.5. The minimum Gasteiger partial charge on any atom is -0.303 e. The van der Waals surface area contributed by atoms with Crippen LogP contribution in [0.15, 0.2) is 54.4 Å². The number of urea groups is 1. The predicted octanol–water partition coefficient (Wildman–Crippen LogP) is 4.55. The van der Waals surface area contributed by atoms with Crippen LogP contribution in [0.4, 0.5) is 10.5 Å². The van der Waals surface area contributed by atoms with Gasteiger partial charge in [0.2, 0.25) is 0 Å². The molecule has 6 nitrogen and oxygen atoms in total. The van der Waals surface area contributed by atoms with Crippen LogP contribution in [0.1, 0.15) is 22.5 Å². The number of imide groups is 1. The number of amides is 3. The van der Waals surface area contributed by atoms with E-state index < -0.39 is 11.9 Å². The Balaban J connectivity index is 1.70. The van der Waals surface area contributed by atoms with Gasteiger partial charge in [-0.05, 0) is 80.4 Å². The van der Waals surface area contributed by atoms with Crippen LogP contribution in [0.5, 0.6) is 0 Å². The summed E-state index contributed by atoms with van der Waals surface area (Å²) in [6.07, 6.45) is 3.47. The lowest BCUT2D eigenvalue weighted by Gasteiger charge is -2.11. The van der Waals surface area contributed by atoms with Crippen molar-refractivity contribution in [2.24, 2.45) is 0 Å². The molecule has 4 rings (SSSR count). The molecule has 1 fully saturated rings. The van der Waals surface area contributed by atoms with Crippen LogP contribution in [0.25, 0.3) is 11.9 Å². The molecule has 3 heterocycles. The molecule has 1 aromatic carbocycles. The first kappa shape index (κ1) is 19.0. The maximum Gasteiger partial charge on any atom is 0.333 e. The molecule has 1 aliphatic heterocycles. The molecule has 29 heavy (non-hydrogen) atoms. The van der Waals surface area contributed by atoms with Crippen molar-refractivity contribution in [1.82, 2.24) is 14.9 Å². The van der Waals surface area contributed by atoms with Gasteiger partial charge in [0.25, 0.3) is 5.91 Å². The molecule has 3 amide bonds. The number of nitrogens with zero attached hydrogens (tertiary/aromatic N) is 3. The number of aryl methyl sites for hydroxylation is 2. The van der Waals surface area contributed by atoms with Crippen molar-refractivity contribution in [1.29, 1.82) is 0 Å². The van der Waals surface area contributed by atoms with Crippen molar-refractivity contribution in [3.05, 3.63) is 81.9 Å². The van der Waals surface area contributed by atoms with Gasteiger partial charge in [-0.25, -0.2) is 14.7 Å². The molecule has 1 N–H and O–H groups in total. The van der Waals surface area contributed by atoms with Crippen molar-refractivity contribution in [3.63, 3.8) is 0 Å². The second-order valence-electron chi connectivity index (χ2n) is 6.96. The largest absolute Gasteiger partial charge is 0.333 e. The molecule has 2 aromatic heterocycles. The standard InChI is InChI=1S/C22H19ClN4O2/c1-13-8-9-24-20(10-13)26-14(2)11-16(15(26)3)12-19-21(28)27(22(29)25-19)18-6-4-17(23)5-7-18/h4-12H,1-3H3,(H,25,29)/b19-12-. The maximum atomic E-state index is 12.8. The van der Waals surface area contributed by atoms with E-state index in [4.69, 9.17) is 11.6 Å². The third kappa shape index (κ3) is 3.43. The summed E-state index contributed by atoms with van der Waals surface area (Å²) in [4.78, 5) is 30.8. The van der Waals surface area contributed by atoms with Gasteiger partial charge >= 0.3 is 6.03 Å². The van der Waals surface area contributed by atoms with Crippen molar-refractivity contribution >= 4 is 35.3 Å². The zero-order chi connectivity index (χ0) is 20.7.